The summed E-state index contributed by atoms with van der Waals surface area (Å²) in [6, 6.07) is 30.3. The average Bonchev–Trinajstić information content (AvgIpc) is 3.91. The number of carbonyl (C=O) groups excluding carboxylic acids is 4. The fourth-order valence-electron chi connectivity index (χ4n) is 10.3. The van der Waals surface area contributed by atoms with Crippen molar-refractivity contribution in [1.82, 2.24) is 0 Å². The van der Waals surface area contributed by atoms with Gasteiger partial charge in [0.2, 0.25) is 0 Å². The van der Waals surface area contributed by atoms with Gasteiger partial charge in [0.05, 0.1) is 51.0 Å². The van der Waals surface area contributed by atoms with Crippen LogP contribution in [0.25, 0.3) is 4.85 Å². The summed E-state index contributed by atoms with van der Waals surface area (Å²) < 4.78 is 34.8. The number of hydrogen-bond donors (Lipinski definition) is 0. The van der Waals surface area contributed by atoms with Crippen molar-refractivity contribution in [3.05, 3.63) is 163 Å². The van der Waals surface area contributed by atoms with Gasteiger partial charge in [0, 0.05) is 28.4 Å². The number of benzene rings is 5. The fourth-order valence-corrected chi connectivity index (χ4v) is 12.8. The molecule has 1 spiro atoms. The molecule has 0 aromatic heterocycles. The molecule has 0 N–H and O–H groups in total. The summed E-state index contributed by atoms with van der Waals surface area (Å²) in [5, 5.41) is 10.1. The molecule has 3 atom stereocenters. The number of hydrogen-bond acceptors (Lipinski definition) is 13. The summed E-state index contributed by atoms with van der Waals surface area (Å²) >= 11 is 2.24. The van der Waals surface area contributed by atoms with E-state index in [1.165, 1.54) is 61.4 Å². The van der Waals surface area contributed by atoms with Crippen LogP contribution in [0.15, 0.2) is 117 Å². The Kier molecular flexibility index (Phi) is 15.2. The SMILES string of the molecule is [C-]#[N+]C(C#N)=C1Sc2c(OC(=O)c3ccc(OC(=O)OCCCCCCCC)cc3)c3c(c(OC(=O)c4ccc(OC(=O)OCCCCCCCC)cc4)c2S1)[C@@H]1c2ccccc2C12c1ccccc1C32. The van der Waals surface area contributed by atoms with Crippen molar-refractivity contribution in [2.24, 2.45) is 0 Å². The van der Waals surface area contributed by atoms with Crippen molar-refractivity contribution in [2.75, 3.05) is 13.2 Å². The second-order valence-electron chi connectivity index (χ2n) is 17.9. The molecule has 1 aliphatic heterocycles. The van der Waals surface area contributed by atoms with Gasteiger partial charge in [-0.1, -0.05) is 150 Å². The van der Waals surface area contributed by atoms with Crippen molar-refractivity contribution in [1.29, 1.82) is 5.26 Å². The number of rotatable bonds is 20. The molecule has 2 unspecified atom stereocenters. The highest BCUT2D eigenvalue weighted by molar-refractivity contribution is 8.24. The lowest BCUT2D eigenvalue weighted by molar-refractivity contribution is 0.0708. The minimum atomic E-state index is -0.831. The zero-order valence-electron chi connectivity index (χ0n) is 39.6. The van der Waals surface area contributed by atoms with Gasteiger partial charge in [0.15, 0.2) is 11.5 Å². The quantitative estimate of drug-likeness (QED) is 0.0182. The molecular weight excluding hydrogens is 937 g/mol. The first kappa shape index (κ1) is 49.0. The molecule has 14 heteroatoms. The molecule has 71 heavy (non-hydrogen) atoms. The number of carbonyl (C=O) groups is 4. The normalized spacial score (nSPS) is 17.7. The van der Waals surface area contributed by atoms with E-state index < -0.39 is 29.7 Å². The summed E-state index contributed by atoms with van der Waals surface area (Å²) in [6.45, 7) is 12.7. The van der Waals surface area contributed by atoms with E-state index in [4.69, 9.17) is 35.0 Å². The maximum absolute atomic E-state index is 14.4. The number of ether oxygens (including phenoxy) is 6. The summed E-state index contributed by atoms with van der Waals surface area (Å²) in [4.78, 5) is 58.2. The van der Waals surface area contributed by atoms with Gasteiger partial charge < -0.3 is 28.4 Å². The number of esters is 2. The average molecular weight is 989 g/mol. The van der Waals surface area contributed by atoms with Crippen LogP contribution in [0.4, 0.5) is 9.59 Å². The van der Waals surface area contributed by atoms with E-state index >= 15 is 0 Å². The fraction of sp³-hybridized carbons (Fsp3) is 0.333. The molecule has 0 saturated heterocycles. The molecule has 0 fully saturated rings. The maximum atomic E-state index is 14.4. The maximum Gasteiger partial charge on any atom is 0.513 e. The van der Waals surface area contributed by atoms with E-state index in [0.717, 1.165) is 110 Å². The van der Waals surface area contributed by atoms with Gasteiger partial charge in [0.1, 0.15) is 11.5 Å². The van der Waals surface area contributed by atoms with Crippen LogP contribution in [-0.4, -0.2) is 37.5 Å². The van der Waals surface area contributed by atoms with E-state index in [9.17, 15) is 24.4 Å². The van der Waals surface area contributed by atoms with Crippen molar-refractivity contribution in [3.8, 4) is 29.1 Å². The van der Waals surface area contributed by atoms with E-state index in [2.05, 4.69) is 43.0 Å². The molecule has 0 saturated carbocycles. The number of unbranched alkanes of at least 4 members (excludes halogenated alkanes) is 10. The lowest BCUT2D eigenvalue weighted by atomic mass is 9.43. The number of fused-ring (bicyclic) bond motifs is 8. The van der Waals surface area contributed by atoms with Crippen LogP contribution in [0.1, 0.15) is 157 Å². The van der Waals surface area contributed by atoms with Crippen LogP contribution >= 0.6 is 23.5 Å². The van der Waals surface area contributed by atoms with Gasteiger partial charge in [-0.3, -0.25) is 0 Å². The molecule has 4 aliphatic rings. The van der Waals surface area contributed by atoms with Crippen molar-refractivity contribution >= 4 is 47.8 Å². The van der Waals surface area contributed by atoms with Gasteiger partial charge in [0.25, 0.3) is 5.70 Å². The summed E-state index contributed by atoms with van der Waals surface area (Å²) in [5.74, 6) is -1.14. The Morgan fingerprint density at radius 2 is 0.986 bits per heavy atom. The zero-order chi connectivity index (χ0) is 49.5. The lowest BCUT2D eigenvalue weighted by Gasteiger charge is -2.58. The van der Waals surface area contributed by atoms with Crippen molar-refractivity contribution in [2.45, 2.75) is 118 Å². The van der Waals surface area contributed by atoms with Gasteiger partial charge in [-0.05, 0) is 83.6 Å². The number of nitriles is 1. The van der Waals surface area contributed by atoms with E-state index in [1.807, 2.05) is 30.3 Å². The molecule has 0 radical (unpaired) electrons. The first-order valence-electron chi connectivity index (χ1n) is 24.4. The Balaban J connectivity index is 1.03. The zero-order valence-corrected chi connectivity index (χ0v) is 41.2. The minimum Gasteiger partial charge on any atom is -0.434 e. The van der Waals surface area contributed by atoms with Gasteiger partial charge in [-0.25, -0.2) is 29.3 Å². The first-order valence-corrected chi connectivity index (χ1v) is 26.0. The molecule has 0 bridgehead atoms. The molecule has 9 rings (SSSR count). The Labute approximate surface area is 421 Å². The third-order valence-corrected chi connectivity index (χ3v) is 16.1. The number of nitrogens with zero attached hydrogens (tertiary/aromatic N) is 2. The summed E-state index contributed by atoms with van der Waals surface area (Å²) in [5.41, 5.74) is 5.31. The Morgan fingerprint density at radius 1 is 0.577 bits per heavy atom. The van der Waals surface area contributed by atoms with Gasteiger partial charge >= 0.3 is 24.2 Å². The molecule has 3 aliphatic carbocycles. The Hall–Kier alpha value is -7.00. The van der Waals surface area contributed by atoms with Crippen LogP contribution in [0.3, 0.4) is 0 Å². The second kappa shape index (κ2) is 22.0. The molecule has 12 nitrogen and oxygen atoms in total. The monoisotopic (exact) mass is 988 g/mol. The highest BCUT2D eigenvalue weighted by atomic mass is 32.2. The highest BCUT2D eigenvalue weighted by Crippen LogP contribution is 2.81. The molecule has 5 aromatic carbocycles. The number of allylic oxidation sites excluding steroid dienone is 1. The molecule has 0 amide bonds. The predicted molar refractivity (Wildman–Crippen MR) is 268 cm³/mol. The summed E-state index contributed by atoms with van der Waals surface area (Å²) in [6.07, 6.45) is 10.9. The molecule has 1 heterocycles. The Bertz CT molecular complexity index is 2790. The minimum absolute atomic E-state index is 0.162. The lowest BCUT2D eigenvalue weighted by Crippen LogP contribution is -2.52. The van der Waals surface area contributed by atoms with Crippen LogP contribution in [-0.2, 0) is 14.9 Å². The predicted octanol–water partition coefficient (Wildman–Crippen LogP) is 14.6. The smallest absolute Gasteiger partial charge is 0.434 e. The molecule has 362 valence electrons. The highest BCUT2D eigenvalue weighted by Gasteiger charge is 2.71. The second-order valence-corrected chi connectivity index (χ2v) is 20.2. The van der Waals surface area contributed by atoms with Crippen LogP contribution in [0.2, 0.25) is 0 Å². The van der Waals surface area contributed by atoms with E-state index in [1.54, 1.807) is 0 Å². The van der Waals surface area contributed by atoms with E-state index in [-0.39, 0.29) is 64.9 Å². The first-order chi connectivity index (χ1) is 34.7. The molecule has 5 aromatic rings. The molecular formula is C57H52N2O10S2. The van der Waals surface area contributed by atoms with Crippen LogP contribution < -0.4 is 18.9 Å². The topological polar surface area (TPSA) is 152 Å². The third kappa shape index (κ3) is 9.51. The van der Waals surface area contributed by atoms with Crippen molar-refractivity contribution in [3.63, 3.8) is 0 Å². The van der Waals surface area contributed by atoms with Gasteiger partial charge in [-0.15, -0.1) is 0 Å². The largest absolute Gasteiger partial charge is 0.513 e. The standard InChI is InChI=1S/C57H52N2O10S2/c1-4-6-8-10-12-18-32-64-55(62)66-37-28-24-35(25-29-37)52(60)68-48-44-45(47-40-21-15-17-23-42(40)57(47)41-22-16-14-20-39(41)46(44)57)49(51-50(48)70-54(71-51)43(34-58)59-3)69-53(61)36-26-30-38(31-27-36)67-56(63)65-33-19-13-11-9-7-5-2/h14-17,20-31,46-47H,4-13,18-19,32-33H2,1-2H3/t46-,47?,57?/m0/s1. The van der Waals surface area contributed by atoms with Crippen molar-refractivity contribution < 1.29 is 47.6 Å². The van der Waals surface area contributed by atoms with Crippen LogP contribution in [0.5, 0.6) is 23.0 Å². The Morgan fingerprint density at radius 3 is 1.39 bits per heavy atom. The summed E-state index contributed by atoms with van der Waals surface area (Å²) in [7, 11) is 0. The third-order valence-electron chi connectivity index (χ3n) is 13.5. The van der Waals surface area contributed by atoms with E-state index in [0.29, 0.717) is 25.2 Å². The van der Waals surface area contributed by atoms with Crippen LogP contribution in [0, 0.1) is 17.9 Å². The number of thioether (sulfide) groups is 2. The van der Waals surface area contributed by atoms with Gasteiger partial charge in [-0.2, -0.15) is 0 Å².